The number of hydrogen-bond donors (Lipinski definition) is 0. The molecule has 0 unspecified atom stereocenters. The van der Waals surface area contributed by atoms with Crippen LogP contribution in [-0.2, 0) is 9.53 Å². The number of rotatable bonds is 2. The van der Waals surface area contributed by atoms with Crippen molar-refractivity contribution in [2.75, 3.05) is 26.3 Å². The van der Waals surface area contributed by atoms with Gasteiger partial charge in [0, 0.05) is 18.7 Å². The minimum atomic E-state index is -0.0930. The summed E-state index contributed by atoms with van der Waals surface area (Å²) < 4.78 is 11.4. The van der Waals surface area contributed by atoms with Crippen molar-refractivity contribution in [3.05, 3.63) is 83.1 Å². The quantitative estimate of drug-likeness (QED) is 0.834. The van der Waals surface area contributed by atoms with E-state index in [1.165, 1.54) is 5.56 Å². The number of aryl methyl sites for hydroxylation is 1. The van der Waals surface area contributed by atoms with Gasteiger partial charge in [0.15, 0.2) is 5.76 Å². The number of allylic oxidation sites excluding steroid dienone is 2. The topological polar surface area (TPSA) is 38.8 Å². The number of ether oxygens (including phenoxy) is 2. The summed E-state index contributed by atoms with van der Waals surface area (Å²) in [5.74, 6) is 0.954. The zero-order valence-electron chi connectivity index (χ0n) is 14.8. The van der Waals surface area contributed by atoms with Gasteiger partial charge in [0.05, 0.1) is 13.2 Å². The van der Waals surface area contributed by atoms with Gasteiger partial charge >= 0.3 is 0 Å². The van der Waals surface area contributed by atoms with Crippen LogP contribution in [-0.4, -0.2) is 37.1 Å². The van der Waals surface area contributed by atoms with Gasteiger partial charge in [-0.2, -0.15) is 0 Å². The number of nitrogens with zero attached hydrogens (tertiary/aromatic N) is 1. The molecule has 1 fully saturated rings. The van der Waals surface area contributed by atoms with Crippen LogP contribution in [0.15, 0.2) is 66.4 Å². The zero-order chi connectivity index (χ0) is 17.9. The molecule has 0 spiro atoms. The van der Waals surface area contributed by atoms with E-state index < -0.39 is 0 Å². The molecule has 4 heteroatoms. The van der Waals surface area contributed by atoms with Gasteiger partial charge in [-0.15, -0.1) is 0 Å². The molecular formula is C22H21NO3. The number of fused-ring (bicyclic) bond motifs is 1. The Morgan fingerprint density at radius 3 is 2.46 bits per heavy atom. The highest BCUT2D eigenvalue weighted by Gasteiger charge is 2.24. The number of carbonyl (C=O) groups excluding carboxylic acids is 1. The minimum absolute atomic E-state index is 0.0930. The van der Waals surface area contributed by atoms with E-state index in [1.807, 2.05) is 30.3 Å². The fourth-order valence-electron chi connectivity index (χ4n) is 3.20. The van der Waals surface area contributed by atoms with E-state index in [4.69, 9.17) is 9.47 Å². The molecule has 1 saturated heterocycles. The molecule has 0 radical (unpaired) electrons. The van der Waals surface area contributed by atoms with E-state index in [-0.39, 0.29) is 5.91 Å². The molecular weight excluding hydrogens is 326 g/mol. The van der Waals surface area contributed by atoms with Crippen molar-refractivity contribution in [3.8, 4) is 5.75 Å². The molecule has 0 saturated carbocycles. The van der Waals surface area contributed by atoms with E-state index >= 15 is 0 Å². The van der Waals surface area contributed by atoms with Crippen molar-refractivity contribution in [1.29, 1.82) is 0 Å². The summed E-state index contributed by atoms with van der Waals surface area (Å²) in [4.78, 5) is 14.6. The maximum Gasteiger partial charge on any atom is 0.289 e. The van der Waals surface area contributed by atoms with E-state index in [9.17, 15) is 4.79 Å². The van der Waals surface area contributed by atoms with Gasteiger partial charge in [-0.05, 0) is 36.3 Å². The molecule has 2 aromatic rings. The lowest BCUT2D eigenvalue weighted by Gasteiger charge is -2.27. The van der Waals surface area contributed by atoms with Crippen molar-refractivity contribution in [1.82, 2.24) is 4.90 Å². The first-order chi connectivity index (χ1) is 12.7. The van der Waals surface area contributed by atoms with Crippen molar-refractivity contribution < 1.29 is 14.3 Å². The Kier molecular flexibility index (Phi) is 4.59. The first kappa shape index (κ1) is 16.6. The van der Waals surface area contributed by atoms with Crippen LogP contribution in [0, 0.1) is 6.92 Å². The summed E-state index contributed by atoms with van der Waals surface area (Å²) in [5, 5.41) is 0. The molecule has 132 valence electrons. The van der Waals surface area contributed by atoms with E-state index in [1.54, 1.807) is 11.0 Å². The number of morpholine rings is 1. The molecule has 0 bridgehead atoms. The van der Waals surface area contributed by atoms with Gasteiger partial charge in [0.2, 0.25) is 0 Å². The first-order valence-electron chi connectivity index (χ1n) is 8.86. The Morgan fingerprint density at radius 2 is 1.69 bits per heavy atom. The third-order valence-corrected chi connectivity index (χ3v) is 4.67. The molecule has 1 amide bonds. The molecule has 0 aromatic heterocycles. The Labute approximate surface area is 153 Å². The van der Waals surface area contributed by atoms with Crippen LogP contribution >= 0.6 is 0 Å². The van der Waals surface area contributed by atoms with Crippen LogP contribution in [0.3, 0.4) is 0 Å². The van der Waals surface area contributed by atoms with E-state index in [0.717, 1.165) is 16.7 Å². The smallest absolute Gasteiger partial charge is 0.289 e. The molecule has 2 heterocycles. The molecule has 2 aromatic carbocycles. The van der Waals surface area contributed by atoms with Crippen LogP contribution in [0.25, 0.3) is 5.57 Å². The van der Waals surface area contributed by atoms with Crippen LogP contribution < -0.4 is 4.74 Å². The zero-order valence-corrected chi connectivity index (χ0v) is 14.8. The molecule has 26 heavy (non-hydrogen) atoms. The Balaban J connectivity index is 1.73. The van der Waals surface area contributed by atoms with Gasteiger partial charge in [-0.1, -0.05) is 48.0 Å². The molecule has 4 rings (SSSR count). The summed E-state index contributed by atoms with van der Waals surface area (Å²) in [6.07, 6.45) is 3.76. The fourth-order valence-corrected chi connectivity index (χ4v) is 3.20. The highest BCUT2D eigenvalue weighted by molar-refractivity contribution is 5.94. The molecule has 0 N–H and O–H groups in total. The number of carbonyl (C=O) groups is 1. The van der Waals surface area contributed by atoms with Gasteiger partial charge in [-0.3, -0.25) is 4.79 Å². The molecule has 0 atom stereocenters. The predicted octanol–water partition coefficient (Wildman–Crippen LogP) is 3.56. The lowest BCUT2D eigenvalue weighted by atomic mass is 9.96. The SMILES string of the molecule is Cc1ccc(C2=CC=C(C(=O)N3CCOCC3)Oc3ccccc32)cc1. The molecule has 4 nitrogen and oxygen atoms in total. The molecule has 2 aliphatic heterocycles. The molecule has 0 aliphatic carbocycles. The van der Waals surface area contributed by atoms with E-state index in [0.29, 0.717) is 37.8 Å². The fraction of sp³-hybridized carbons (Fsp3) is 0.227. The maximum atomic E-state index is 12.9. The van der Waals surface area contributed by atoms with Crippen LogP contribution in [0.1, 0.15) is 16.7 Å². The summed E-state index contributed by atoms with van der Waals surface area (Å²) in [6, 6.07) is 16.2. The Hall–Kier alpha value is -2.85. The second-order valence-corrected chi connectivity index (χ2v) is 6.48. The predicted molar refractivity (Wildman–Crippen MR) is 101 cm³/mol. The average molecular weight is 347 g/mol. The van der Waals surface area contributed by atoms with Gasteiger partial charge in [0.25, 0.3) is 5.91 Å². The second kappa shape index (κ2) is 7.18. The van der Waals surface area contributed by atoms with Crippen molar-refractivity contribution in [2.24, 2.45) is 0 Å². The summed E-state index contributed by atoms with van der Waals surface area (Å²) in [7, 11) is 0. The summed E-state index contributed by atoms with van der Waals surface area (Å²) >= 11 is 0. The lowest BCUT2D eigenvalue weighted by molar-refractivity contribution is -0.133. The van der Waals surface area contributed by atoms with Crippen molar-refractivity contribution in [2.45, 2.75) is 6.92 Å². The van der Waals surface area contributed by atoms with Gasteiger partial charge in [-0.25, -0.2) is 0 Å². The van der Waals surface area contributed by atoms with Crippen LogP contribution in [0.2, 0.25) is 0 Å². The minimum Gasteiger partial charge on any atom is -0.451 e. The third-order valence-electron chi connectivity index (χ3n) is 4.67. The summed E-state index contributed by atoms with van der Waals surface area (Å²) in [5.41, 5.74) is 4.34. The average Bonchev–Trinajstić information content (AvgIpc) is 2.88. The van der Waals surface area contributed by atoms with E-state index in [2.05, 4.69) is 31.2 Å². The Morgan fingerprint density at radius 1 is 0.962 bits per heavy atom. The molecule has 2 aliphatic rings. The largest absolute Gasteiger partial charge is 0.451 e. The highest BCUT2D eigenvalue weighted by atomic mass is 16.5. The van der Waals surface area contributed by atoms with Crippen molar-refractivity contribution in [3.63, 3.8) is 0 Å². The van der Waals surface area contributed by atoms with Gasteiger partial charge in [0.1, 0.15) is 5.75 Å². The number of para-hydroxylation sites is 1. The van der Waals surface area contributed by atoms with Crippen LogP contribution in [0.5, 0.6) is 5.75 Å². The highest BCUT2D eigenvalue weighted by Crippen LogP contribution is 2.34. The third kappa shape index (κ3) is 3.28. The van der Waals surface area contributed by atoms with Crippen molar-refractivity contribution >= 4 is 11.5 Å². The monoisotopic (exact) mass is 347 g/mol. The number of benzene rings is 2. The summed E-state index contributed by atoms with van der Waals surface area (Å²) in [6.45, 7) is 4.40. The van der Waals surface area contributed by atoms with Crippen LogP contribution in [0.4, 0.5) is 0 Å². The van der Waals surface area contributed by atoms with Gasteiger partial charge < -0.3 is 14.4 Å². The second-order valence-electron chi connectivity index (χ2n) is 6.48. The first-order valence-corrected chi connectivity index (χ1v) is 8.86. The normalized spacial score (nSPS) is 16.7. The maximum absolute atomic E-state index is 12.9. The number of hydrogen-bond acceptors (Lipinski definition) is 3. The Bertz CT molecular complexity index is 875. The standard InChI is InChI=1S/C22H21NO3/c1-16-6-8-17(9-7-16)18-10-11-21(22(24)23-12-14-25-15-13-23)26-20-5-3-2-4-19(18)20/h2-11H,12-15H2,1H3. The lowest BCUT2D eigenvalue weighted by Crippen LogP contribution is -2.42. The number of amides is 1.